The lowest BCUT2D eigenvalue weighted by Gasteiger charge is -2.23. The van der Waals surface area contributed by atoms with Gasteiger partial charge in [-0.2, -0.15) is 4.31 Å². The summed E-state index contributed by atoms with van der Waals surface area (Å²) in [6, 6.07) is 2.03. The number of hydrogen-bond acceptors (Lipinski definition) is 4. The van der Waals surface area contributed by atoms with Crippen molar-refractivity contribution in [1.29, 1.82) is 0 Å². The van der Waals surface area contributed by atoms with Crippen molar-refractivity contribution in [1.82, 2.24) is 14.2 Å². The first-order valence-corrected chi connectivity index (χ1v) is 8.67. The monoisotopic (exact) mass is 298 g/mol. The lowest BCUT2D eigenvalue weighted by molar-refractivity contribution is 0.251. The van der Waals surface area contributed by atoms with Crippen LogP contribution < -0.4 is 5.73 Å². The minimum absolute atomic E-state index is 0.325. The Hall–Kier alpha value is -0.890. The molecule has 0 aromatic carbocycles. The van der Waals surface area contributed by atoms with Crippen molar-refractivity contribution in [2.75, 3.05) is 26.2 Å². The number of nitrogens with zero attached hydrogens (tertiary/aromatic N) is 2. The first kappa shape index (κ1) is 14.1. The van der Waals surface area contributed by atoms with Crippen LogP contribution in [-0.2, 0) is 16.6 Å². The SMILES string of the molecule is NCc1cc(S(=O)(=O)N2CCC(N3CCCC3)C2)c[nH]1. The third-order valence-electron chi connectivity index (χ3n) is 4.36. The molecule has 0 amide bonds. The maximum atomic E-state index is 12.6. The van der Waals surface area contributed by atoms with Crippen LogP contribution in [0.25, 0.3) is 0 Å². The van der Waals surface area contributed by atoms with Crippen molar-refractivity contribution in [3.63, 3.8) is 0 Å². The van der Waals surface area contributed by atoms with E-state index in [9.17, 15) is 8.42 Å². The summed E-state index contributed by atoms with van der Waals surface area (Å²) in [7, 11) is -3.37. The number of aromatic nitrogens is 1. The Bertz CT molecular complexity index is 563. The molecule has 2 fully saturated rings. The summed E-state index contributed by atoms with van der Waals surface area (Å²) in [5, 5.41) is 0. The van der Waals surface area contributed by atoms with Gasteiger partial charge in [0, 0.05) is 37.6 Å². The fourth-order valence-corrected chi connectivity index (χ4v) is 4.68. The smallest absolute Gasteiger partial charge is 0.244 e. The van der Waals surface area contributed by atoms with E-state index in [0.717, 1.165) is 25.2 Å². The quantitative estimate of drug-likeness (QED) is 0.839. The highest BCUT2D eigenvalue weighted by atomic mass is 32.2. The highest BCUT2D eigenvalue weighted by Crippen LogP contribution is 2.25. The average Bonchev–Trinajstić information content (AvgIpc) is 3.18. The molecule has 2 saturated heterocycles. The Morgan fingerprint density at radius 2 is 2.05 bits per heavy atom. The molecule has 0 aliphatic carbocycles. The van der Waals surface area contributed by atoms with Gasteiger partial charge in [0.05, 0.1) is 4.90 Å². The molecule has 3 heterocycles. The largest absolute Gasteiger partial charge is 0.363 e. The van der Waals surface area contributed by atoms with Crippen LogP contribution in [0, 0.1) is 0 Å². The summed E-state index contributed by atoms with van der Waals surface area (Å²) < 4.78 is 26.8. The molecule has 2 aliphatic heterocycles. The van der Waals surface area contributed by atoms with Gasteiger partial charge in [-0.25, -0.2) is 8.42 Å². The van der Waals surface area contributed by atoms with Crippen molar-refractivity contribution in [2.24, 2.45) is 5.73 Å². The molecule has 0 radical (unpaired) electrons. The molecule has 1 atom stereocenters. The molecule has 0 bridgehead atoms. The molecule has 1 unspecified atom stereocenters. The standard InChI is InChI=1S/C13H22N4O2S/c14-8-11-7-13(9-15-11)20(18,19)17-6-3-12(10-17)16-4-1-2-5-16/h7,9,12,15H,1-6,8,10,14H2. The molecule has 6 nitrogen and oxygen atoms in total. The number of H-pyrrole nitrogens is 1. The van der Waals surface area contributed by atoms with Crippen molar-refractivity contribution in [2.45, 2.75) is 36.7 Å². The van der Waals surface area contributed by atoms with E-state index in [4.69, 9.17) is 5.73 Å². The Morgan fingerprint density at radius 3 is 2.70 bits per heavy atom. The first-order valence-electron chi connectivity index (χ1n) is 7.23. The molecule has 2 aliphatic rings. The summed E-state index contributed by atoms with van der Waals surface area (Å²) in [5.41, 5.74) is 6.27. The van der Waals surface area contributed by atoms with E-state index in [1.807, 2.05) is 0 Å². The van der Waals surface area contributed by atoms with Crippen LogP contribution in [0.3, 0.4) is 0 Å². The van der Waals surface area contributed by atoms with Gasteiger partial charge in [-0.15, -0.1) is 0 Å². The van der Waals surface area contributed by atoms with Gasteiger partial charge >= 0.3 is 0 Å². The Balaban J connectivity index is 1.72. The molecule has 0 spiro atoms. The first-order chi connectivity index (χ1) is 9.61. The summed E-state index contributed by atoms with van der Waals surface area (Å²) in [6.07, 6.45) is 4.95. The number of rotatable bonds is 4. The fourth-order valence-electron chi connectivity index (χ4n) is 3.17. The zero-order valence-electron chi connectivity index (χ0n) is 11.6. The number of nitrogens with two attached hydrogens (primary N) is 1. The van der Waals surface area contributed by atoms with Crippen LogP contribution in [-0.4, -0.2) is 54.8 Å². The lowest BCUT2D eigenvalue weighted by Crippen LogP contribution is -2.37. The molecule has 20 heavy (non-hydrogen) atoms. The van der Waals surface area contributed by atoms with E-state index in [1.165, 1.54) is 12.8 Å². The zero-order chi connectivity index (χ0) is 14.2. The van der Waals surface area contributed by atoms with Crippen LogP contribution in [0.1, 0.15) is 25.0 Å². The van der Waals surface area contributed by atoms with Gasteiger partial charge in [-0.05, 0) is 38.4 Å². The number of aromatic amines is 1. The predicted octanol–water partition coefficient (Wildman–Crippen LogP) is 0.332. The summed E-state index contributed by atoms with van der Waals surface area (Å²) in [5.74, 6) is 0. The van der Waals surface area contributed by atoms with Gasteiger partial charge in [0.2, 0.25) is 10.0 Å². The Labute approximate surface area is 120 Å². The van der Waals surface area contributed by atoms with Gasteiger partial charge in [0.25, 0.3) is 0 Å². The van der Waals surface area contributed by atoms with Crippen molar-refractivity contribution in [3.05, 3.63) is 18.0 Å². The number of hydrogen-bond donors (Lipinski definition) is 2. The van der Waals surface area contributed by atoms with Crippen molar-refractivity contribution < 1.29 is 8.42 Å². The molecular formula is C13H22N4O2S. The zero-order valence-corrected chi connectivity index (χ0v) is 12.4. The van der Waals surface area contributed by atoms with Gasteiger partial charge in [-0.1, -0.05) is 0 Å². The number of nitrogens with one attached hydrogen (secondary N) is 1. The Kier molecular flexibility index (Phi) is 3.85. The predicted molar refractivity (Wildman–Crippen MR) is 76.7 cm³/mol. The topological polar surface area (TPSA) is 82.4 Å². The van der Waals surface area contributed by atoms with E-state index in [-0.39, 0.29) is 0 Å². The summed E-state index contributed by atoms with van der Waals surface area (Å²) >= 11 is 0. The summed E-state index contributed by atoms with van der Waals surface area (Å²) in [6.45, 7) is 3.78. The highest BCUT2D eigenvalue weighted by molar-refractivity contribution is 7.89. The minimum atomic E-state index is -3.37. The number of sulfonamides is 1. The lowest BCUT2D eigenvalue weighted by atomic mass is 10.2. The second-order valence-electron chi connectivity index (χ2n) is 5.61. The molecular weight excluding hydrogens is 276 g/mol. The molecule has 1 aromatic rings. The normalized spacial score (nSPS) is 25.6. The van der Waals surface area contributed by atoms with Gasteiger partial charge in [0.1, 0.15) is 0 Å². The van der Waals surface area contributed by atoms with Gasteiger partial charge in [-0.3, -0.25) is 4.90 Å². The molecule has 1 aromatic heterocycles. The summed E-state index contributed by atoms with van der Waals surface area (Å²) in [4.78, 5) is 5.67. The molecule has 3 rings (SSSR count). The highest BCUT2D eigenvalue weighted by Gasteiger charge is 2.36. The maximum Gasteiger partial charge on any atom is 0.244 e. The van der Waals surface area contributed by atoms with Crippen LogP contribution in [0.15, 0.2) is 17.2 Å². The third-order valence-corrected chi connectivity index (χ3v) is 6.20. The van der Waals surface area contributed by atoms with E-state index in [1.54, 1.807) is 16.6 Å². The van der Waals surface area contributed by atoms with E-state index < -0.39 is 10.0 Å². The molecule has 0 saturated carbocycles. The van der Waals surface area contributed by atoms with Crippen LogP contribution in [0.5, 0.6) is 0 Å². The second kappa shape index (κ2) is 5.48. The number of likely N-dealkylation sites (tertiary alicyclic amines) is 1. The third kappa shape index (κ3) is 2.50. The second-order valence-corrected chi connectivity index (χ2v) is 7.55. The van der Waals surface area contributed by atoms with Crippen molar-refractivity contribution in [3.8, 4) is 0 Å². The van der Waals surface area contributed by atoms with E-state index >= 15 is 0 Å². The van der Waals surface area contributed by atoms with Crippen molar-refractivity contribution >= 4 is 10.0 Å². The fraction of sp³-hybridized carbons (Fsp3) is 0.692. The Morgan fingerprint density at radius 1 is 1.30 bits per heavy atom. The maximum absolute atomic E-state index is 12.6. The average molecular weight is 298 g/mol. The van der Waals surface area contributed by atoms with Crippen LogP contribution in [0.2, 0.25) is 0 Å². The van der Waals surface area contributed by atoms with E-state index in [2.05, 4.69) is 9.88 Å². The minimum Gasteiger partial charge on any atom is -0.363 e. The van der Waals surface area contributed by atoms with Gasteiger partial charge < -0.3 is 10.7 Å². The van der Waals surface area contributed by atoms with Crippen LogP contribution >= 0.6 is 0 Å². The van der Waals surface area contributed by atoms with E-state index in [0.29, 0.717) is 30.6 Å². The molecule has 112 valence electrons. The molecule has 7 heteroatoms. The van der Waals surface area contributed by atoms with Gasteiger partial charge in [0.15, 0.2) is 0 Å². The van der Waals surface area contributed by atoms with Crippen LogP contribution in [0.4, 0.5) is 0 Å². The molecule has 3 N–H and O–H groups in total.